The Morgan fingerprint density at radius 1 is 1.33 bits per heavy atom. The van der Waals surface area contributed by atoms with Crippen molar-refractivity contribution >= 4 is 29.1 Å². The molecule has 0 bridgehead atoms. The number of carbonyl (C=O) groups is 1. The highest BCUT2D eigenvalue weighted by Gasteiger charge is 2.23. The van der Waals surface area contributed by atoms with Gasteiger partial charge in [0.05, 0.1) is 17.6 Å². The van der Waals surface area contributed by atoms with Gasteiger partial charge in [0.25, 0.3) is 0 Å². The summed E-state index contributed by atoms with van der Waals surface area (Å²) in [6.45, 7) is 0. The molecule has 0 atom stereocenters. The van der Waals surface area contributed by atoms with Crippen LogP contribution in [0.15, 0.2) is 35.1 Å². The highest BCUT2D eigenvalue weighted by molar-refractivity contribution is 7.09. The SMILES string of the molecule is COC(=O)c1nnsc1-c1conc1-c1ccc(Cl)cc1. The monoisotopic (exact) mass is 321 g/mol. The largest absolute Gasteiger partial charge is 0.464 e. The molecule has 2 heterocycles. The Balaban J connectivity index is 2.10. The van der Waals surface area contributed by atoms with E-state index in [-0.39, 0.29) is 5.69 Å². The van der Waals surface area contributed by atoms with Crippen LogP contribution in [-0.2, 0) is 4.74 Å². The average molecular weight is 322 g/mol. The van der Waals surface area contributed by atoms with Gasteiger partial charge >= 0.3 is 5.97 Å². The van der Waals surface area contributed by atoms with Gasteiger partial charge in [-0.3, -0.25) is 0 Å². The van der Waals surface area contributed by atoms with Crippen LogP contribution in [0.4, 0.5) is 0 Å². The summed E-state index contributed by atoms with van der Waals surface area (Å²) >= 11 is 6.95. The number of nitrogens with zero attached hydrogens (tertiary/aromatic N) is 3. The number of aromatic nitrogens is 3. The predicted molar refractivity (Wildman–Crippen MR) is 77.2 cm³/mol. The first kappa shape index (κ1) is 13.7. The number of benzene rings is 1. The summed E-state index contributed by atoms with van der Waals surface area (Å²) in [4.78, 5) is 12.2. The molecule has 1 aromatic carbocycles. The highest BCUT2D eigenvalue weighted by Crippen LogP contribution is 2.35. The first-order valence-corrected chi connectivity index (χ1v) is 6.97. The molecular formula is C13H8ClN3O3S. The van der Waals surface area contributed by atoms with Gasteiger partial charge < -0.3 is 9.26 Å². The van der Waals surface area contributed by atoms with Crippen molar-refractivity contribution in [2.75, 3.05) is 7.11 Å². The fourth-order valence-corrected chi connectivity index (χ4v) is 2.60. The molecule has 0 spiro atoms. The van der Waals surface area contributed by atoms with Gasteiger partial charge in [-0.2, -0.15) is 0 Å². The summed E-state index contributed by atoms with van der Waals surface area (Å²) in [5.74, 6) is -0.554. The van der Waals surface area contributed by atoms with E-state index in [2.05, 4.69) is 14.7 Å². The van der Waals surface area contributed by atoms with E-state index >= 15 is 0 Å². The molecule has 3 aromatic rings. The molecule has 0 radical (unpaired) electrons. The topological polar surface area (TPSA) is 78.1 Å². The number of esters is 1. The summed E-state index contributed by atoms with van der Waals surface area (Å²) in [5.41, 5.74) is 2.17. The molecule has 0 fully saturated rings. The Bertz CT molecular complexity index is 782. The van der Waals surface area contributed by atoms with Crippen LogP contribution in [0.2, 0.25) is 5.02 Å². The lowest BCUT2D eigenvalue weighted by molar-refractivity contribution is 0.0595. The minimum Gasteiger partial charge on any atom is -0.464 e. The van der Waals surface area contributed by atoms with Crippen molar-refractivity contribution in [1.29, 1.82) is 0 Å². The van der Waals surface area contributed by atoms with Crippen molar-refractivity contribution in [1.82, 2.24) is 14.7 Å². The third kappa shape index (κ3) is 2.53. The predicted octanol–water partition coefficient (Wildman–Crippen LogP) is 3.30. The molecule has 0 amide bonds. The van der Waals surface area contributed by atoms with E-state index in [0.29, 0.717) is 21.2 Å². The van der Waals surface area contributed by atoms with E-state index in [1.54, 1.807) is 12.1 Å². The Kier molecular flexibility index (Phi) is 3.68. The molecule has 0 aliphatic heterocycles. The maximum absolute atomic E-state index is 11.7. The lowest BCUT2D eigenvalue weighted by Gasteiger charge is -2.01. The van der Waals surface area contributed by atoms with Crippen molar-refractivity contribution < 1.29 is 14.1 Å². The zero-order valence-electron chi connectivity index (χ0n) is 10.7. The summed E-state index contributed by atoms with van der Waals surface area (Å²) < 4.78 is 13.5. The Labute approximate surface area is 128 Å². The Morgan fingerprint density at radius 2 is 2.10 bits per heavy atom. The molecule has 0 aliphatic rings. The smallest absolute Gasteiger partial charge is 0.360 e. The Hall–Kier alpha value is -2.25. The van der Waals surface area contributed by atoms with Crippen LogP contribution in [0.1, 0.15) is 10.5 Å². The number of hydrogen-bond acceptors (Lipinski definition) is 7. The first-order valence-electron chi connectivity index (χ1n) is 5.82. The number of rotatable bonds is 3. The molecule has 0 N–H and O–H groups in total. The van der Waals surface area contributed by atoms with Crippen LogP contribution in [0.25, 0.3) is 21.7 Å². The minimum absolute atomic E-state index is 0.140. The number of ether oxygens (including phenoxy) is 1. The molecule has 21 heavy (non-hydrogen) atoms. The average Bonchev–Trinajstić information content (AvgIpc) is 3.15. The number of halogens is 1. The van der Waals surface area contributed by atoms with Gasteiger partial charge in [0, 0.05) is 10.6 Å². The number of methoxy groups -OCH3 is 1. The zero-order valence-corrected chi connectivity index (χ0v) is 12.3. The summed E-state index contributed by atoms with van der Waals surface area (Å²) in [7, 11) is 1.29. The molecule has 0 saturated heterocycles. The van der Waals surface area contributed by atoms with E-state index in [0.717, 1.165) is 17.1 Å². The summed E-state index contributed by atoms with van der Waals surface area (Å²) in [5, 5.41) is 8.40. The highest BCUT2D eigenvalue weighted by atomic mass is 35.5. The van der Waals surface area contributed by atoms with Crippen LogP contribution in [0, 0.1) is 0 Å². The Morgan fingerprint density at radius 3 is 2.81 bits per heavy atom. The fourth-order valence-electron chi connectivity index (χ4n) is 1.81. The van der Waals surface area contributed by atoms with Crippen molar-refractivity contribution in [3.05, 3.63) is 41.2 Å². The lowest BCUT2D eigenvalue weighted by atomic mass is 10.1. The normalized spacial score (nSPS) is 10.6. The maximum atomic E-state index is 11.7. The van der Waals surface area contributed by atoms with Gasteiger partial charge in [-0.05, 0) is 23.7 Å². The molecule has 8 heteroatoms. The second-order valence-corrected chi connectivity index (χ2v) is 5.22. The van der Waals surface area contributed by atoms with E-state index < -0.39 is 5.97 Å². The lowest BCUT2D eigenvalue weighted by Crippen LogP contribution is -2.03. The second kappa shape index (κ2) is 5.63. The summed E-state index contributed by atoms with van der Waals surface area (Å²) in [6, 6.07) is 7.13. The minimum atomic E-state index is -0.554. The molecule has 6 nitrogen and oxygen atoms in total. The number of carbonyl (C=O) groups excluding carboxylic acids is 1. The van der Waals surface area contributed by atoms with Crippen LogP contribution >= 0.6 is 23.1 Å². The molecule has 3 rings (SSSR count). The molecular weight excluding hydrogens is 314 g/mol. The van der Waals surface area contributed by atoms with Crippen LogP contribution in [0.5, 0.6) is 0 Å². The van der Waals surface area contributed by atoms with Gasteiger partial charge in [0.1, 0.15) is 12.0 Å². The van der Waals surface area contributed by atoms with Crippen molar-refractivity contribution in [2.45, 2.75) is 0 Å². The first-order chi connectivity index (χ1) is 10.2. The molecule has 106 valence electrons. The van der Waals surface area contributed by atoms with E-state index in [4.69, 9.17) is 20.9 Å². The van der Waals surface area contributed by atoms with Crippen molar-refractivity contribution in [2.24, 2.45) is 0 Å². The maximum Gasteiger partial charge on any atom is 0.360 e. The molecule has 2 aromatic heterocycles. The standard InChI is InChI=1S/C13H8ClN3O3S/c1-19-13(18)11-12(21-17-15-11)9-6-20-16-10(9)7-2-4-8(14)5-3-7/h2-6H,1H3. The quantitative estimate of drug-likeness (QED) is 0.689. The third-order valence-electron chi connectivity index (χ3n) is 2.80. The molecule has 0 unspecified atom stereocenters. The van der Waals surface area contributed by atoms with Gasteiger partial charge in [-0.1, -0.05) is 33.4 Å². The van der Waals surface area contributed by atoms with E-state index in [9.17, 15) is 4.79 Å². The van der Waals surface area contributed by atoms with Crippen molar-refractivity contribution in [3.8, 4) is 21.7 Å². The van der Waals surface area contributed by atoms with Crippen LogP contribution < -0.4 is 0 Å². The number of hydrogen-bond donors (Lipinski definition) is 0. The van der Waals surface area contributed by atoms with Gasteiger partial charge in [-0.15, -0.1) is 5.10 Å². The van der Waals surface area contributed by atoms with Crippen LogP contribution in [-0.4, -0.2) is 27.8 Å². The van der Waals surface area contributed by atoms with E-state index in [1.807, 2.05) is 12.1 Å². The van der Waals surface area contributed by atoms with Gasteiger partial charge in [0.15, 0.2) is 5.69 Å². The summed E-state index contributed by atoms with van der Waals surface area (Å²) in [6.07, 6.45) is 1.45. The molecule has 0 aliphatic carbocycles. The van der Waals surface area contributed by atoms with Gasteiger partial charge in [0.2, 0.25) is 0 Å². The fraction of sp³-hybridized carbons (Fsp3) is 0.0769. The van der Waals surface area contributed by atoms with Gasteiger partial charge in [-0.25, -0.2) is 4.79 Å². The van der Waals surface area contributed by atoms with Crippen LogP contribution in [0.3, 0.4) is 0 Å². The molecule has 0 saturated carbocycles. The third-order valence-corrected chi connectivity index (χ3v) is 3.81. The second-order valence-electron chi connectivity index (χ2n) is 4.03. The van der Waals surface area contributed by atoms with Crippen molar-refractivity contribution in [3.63, 3.8) is 0 Å². The zero-order chi connectivity index (χ0) is 14.8. The van der Waals surface area contributed by atoms with E-state index in [1.165, 1.54) is 13.4 Å².